The van der Waals surface area contributed by atoms with Crippen molar-refractivity contribution in [2.75, 3.05) is 13.1 Å². The number of rotatable bonds is 3. The molecule has 116 valence electrons. The van der Waals surface area contributed by atoms with Crippen LogP contribution in [0.5, 0.6) is 0 Å². The van der Waals surface area contributed by atoms with E-state index in [1.165, 1.54) is 0 Å². The molecule has 1 amide bonds. The van der Waals surface area contributed by atoms with Crippen molar-refractivity contribution in [1.29, 1.82) is 0 Å². The van der Waals surface area contributed by atoms with Crippen molar-refractivity contribution in [2.45, 2.75) is 25.6 Å². The molecule has 0 aliphatic carbocycles. The maximum atomic E-state index is 13.3. The van der Waals surface area contributed by atoms with Gasteiger partial charge in [0.1, 0.15) is 0 Å². The van der Waals surface area contributed by atoms with Crippen LogP contribution in [-0.4, -0.2) is 25.2 Å². The van der Waals surface area contributed by atoms with E-state index < -0.39 is 23.5 Å². The van der Waals surface area contributed by atoms with Crippen LogP contribution < -0.4 is 10.6 Å². The zero-order chi connectivity index (χ0) is 15.7. The summed E-state index contributed by atoms with van der Waals surface area (Å²) in [7, 11) is 0. The number of alkyl halides is 3. The van der Waals surface area contributed by atoms with E-state index in [9.17, 15) is 18.0 Å². The van der Waals surface area contributed by atoms with E-state index in [1.807, 2.05) is 0 Å². The third-order valence-corrected chi connectivity index (χ3v) is 4.06. The molecule has 2 atom stereocenters. The van der Waals surface area contributed by atoms with Gasteiger partial charge in [0, 0.05) is 11.6 Å². The third kappa shape index (κ3) is 3.16. The Morgan fingerprint density at radius 2 is 2.19 bits per heavy atom. The molecule has 0 bridgehead atoms. The molecular weight excluding hydrogens is 305 g/mol. The zero-order valence-electron chi connectivity index (χ0n) is 11.4. The minimum atomic E-state index is -4.57. The van der Waals surface area contributed by atoms with Crippen molar-refractivity contribution in [1.82, 2.24) is 10.6 Å². The molecule has 2 unspecified atom stereocenters. The first-order chi connectivity index (χ1) is 9.76. The maximum Gasteiger partial charge on any atom is 0.404 e. The number of amides is 1. The SMILES string of the molecule is CC(NC(=O)C1(C(F)(F)F)CCNC1)c1cccc(Cl)c1. The molecule has 1 aliphatic heterocycles. The maximum absolute atomic E-state index is 13.3. The monoisotopic (exact) mass is 320 g/mol. The van der Waals surface area contributed by atoms with Crippen LogP contribution in [0.15, 0.2) is 24.3 Å². The molecule has 1 heterocycles. The van der Waals surface area contributed by atoms with Gasteiger partial charge in [-0.25, -0.2) is 0 Å². The Hall–Kier alpha value is -1.27. The van der Waals surface area contributed by atoms with Gasteiger partial charge in [-0.15, -0.1) is 0 Å². The van der Waals surface area contributed by atoms with Crippen LogP contribution in [0, 0.1) is 5.41 Å². The molecule has 21 heavy (non-hydrogen) atoms. The second kappa shape index (κ2) is 5.85. The van der Waals surface area contributed by atoms with E-state index in [0.29, 0.717) is 10.6 Å². The van der Waals surface area contributed by atoms with Crippen LogP contribution in [0.25, 0.3) is 0 Å². The van der Waals surface area contributed by atoms with Gasteiger partial charge in [0.25, 0.3) is 0 Å². The Morgan fingerprint density at radius 3 is 2.71 bits per heavy atom. The zero-order valence-corrected chi connectivity index (χ0v) is 12.2. The van der Waals surface area contributed by atoms with Crippen molar-refractivity contribution in [2.24, 2.45) is 5.41 Å². The summed E-state index contributed by atoms with van der Waals surface area (Å²) >= 11 is 5.85. The molecule has 0 saturated carbocycles. The van der Waals surface area contributed by atoms with Crippen molar-refractivity contribution >= 4 is 17.5 Å². The molecule has 1 aromatic rings. The predicted octanol–water partition coefficient (Wildman–Crippen LogP) is 3.06. The fourth-order valence-electron chi connectivity index (χ4n) is 2.45. The van der Waals surface area contributed by atoms with Gasteiger partial charge >= 0.3 is 6.18 Å². The van der Waals surface area contributed by atoms with Crippen LogP contribution >= 0.6 is 11.6 Å². The summed E-state index contributed by atoms with van der Waals surface area (Å²) in [6, 6.07) is 6.15. The van der Waals surface area contributed by atoms with Crippen LogP contribution in [0.4, 0.5) is 13.2 Å². The van der Waals surface area contributed by atoms with Crippen LogP contribution in [0.3, 0.4) is 0 Å². The topological polar surface area (TPSA) is 41.1 Å². The summed E-state index contributed by atoms with van der Waals surface area (Å²) in [4.78, 5) is 12.2. The van der Waals surface area contributed by atoms with E-state index in [1.54, 1.807) is 31.2 Å². The highest BCUT2D eigenvalue weighted by molar-refractivity contribution is 6.30. The van der Waals surface area contributed by atoms with Crippen LogP contribution in [-0.2, 0) is 4.79 Å². The summed E-state index contributed by atoms with van der Waals surface area (Å²) in [5.74, 6) is -0.993. The first kappa shape index (κ1) is 16.1. The molecule has 2 N–H and O–H groups in total. The van der Waals surface area contributed by atoms with E-state index in [-0.39, 0.29) is 19.5 Å². The number of benzene rings is 1. The number of hydrogen-bond donors (Lipinski definition) is 2. The molecule has 0 radical (unpaired) electrons. The highest BCUT2D eigenvalue weighted by Crippen LogP contribution is 2.43. The lowest BCUT2D eigenvalue weighted by molar-refractivity contribution is -0.216. The number of hydrogen-bond acceptors (Lipinski definition) is 2. The lowest BCUT2D eigenvalue weighted by atomic mass is 9.84. The molecule has 0 aromatic heterocycles. The van der Waals surface area contributed by atoms with Crippen molar-refractivity contribution in [3.8, 4) is 0 Å². The minimum Gasteiger partial charge on any atom is -0.349 e. The fraction of sp³-hybridized carbons (Fsp3) is 0.500. The first-order valence-corrected chi connectivity index (χ1v) is 6.98. The standard InChI is InChI=1S/C14H16ClF3N2O/c1-9(10-3-2-4-11(15)7-10)20-12(21)13(14(16,17)18)5-6-19-8-13/h2-4,7,9,19H,5-6,8H2,1H3,(H,20,21). The van der Waals surface area contributed by atoms with E-state index in [0.717, 1.165) is 0 Å². The molecule has 1 aliphatic rings. The molecule has 0 spiro atoms. The van der Waals surface area contributed by atoms with Gasteiger partial charge in [0.15, 0.2) is 5.41 Å². The average Bonchev–Trinajstić information content (AvgIpc) is 2.88. The van der Waals surface area contributed by atoms with Gasteiger partial charge in [-0.2, -0.15) is 13.2 Å². The Labute approximate surface area is 125 Å². The predicted molar refractivity (Wildman–Crippen MR) is 74.0 cm³/mol. The number of carbonyl (C=O) groups excluding carboxylic acids is 1. The van der Waals surface area contributed by atoms with Gasteiger partial charge in [0.05, 0.1) is 6.04 Å². The average molecular weight is 321 g/mol. The van der Waals surface area contributed by atoms with E-state index in [4.69, 9.17) is 11.6 Å². The van der Waals surface area contributed by atoms with Crippen molar-refractivity contribution < 1.29 is 18.0 Å². The molecule has 2 rings (SSSR count). The number of carbonyl (C=O) groups is 1. The minimum absolute atomic E-state index is 0.179. The number of nitrogens with one attached hydrogen (secondary N) is 2. The lowest BCUT2D eigenvalue weighted by Crippen LogP contribution is -2.52. The van der Waals surface area contributed by atoms with Gasteiger partial charge in [-0.05, 0) is 37.6 Å². The quantitative estimate of drug-likeness (QED) is 0.898. The summed E-state index contributed by atoms with van der Waals surface area (Å²) < 4.78 is 39.8. The lowest BCUT2D eigenvalue weighted by Gasteiger charge is -2.31. The molecule has 1 aromatic carbocycles. The van der Waals surface area contributed by atoms with Crippen LogP contribution in [0.1, 0.15) is 24.9 Å². The second-order valence-electron chi connectivity index (χ2n) is 5.26. The van der Waals surface area contributed by atoms with E-state index in [2.05, 4.69) is 10.6 Å². The third-order valence-electron chi connectivity index (χ3n) is 3.83. The summed E-state index contributed by atoms with van der Waals surface area (Å²) in [5, 5.41) is 5.55. The fourth-order valence-corrected chi connectivity index (χ4v) is 2.65. The number of halogens is 4. The summed E-state index contributed by atoms with van der Waals surface area (Å²) in [5.41, 5.74) is -1.68. The van der Waals surface area contributed by atoms with Gasteiger partial charge in [-0.3, -0.25) is 4.79 Å². The van der Waals surface area contributed by atoms with Crippen LogP contribution in [0.2, 0.25) is 5.02 Å². The Bertz CT molecular complexity index is 527. The molecular formula is C14H16ClF3N2O. The van der Waals surface area contributed by atoms with Crippen molar-refractivity contribution in [3.63, 3.8) is 0 Å². The largest absolute Gasteiger partial charge is 0.404 e. The summed E-state index contributed by atoms with van der Waals surface area (Å²) in [6.45, 7) is 1.43. The smallest absolute Gasteiger partial charge is 0.349 e. The summed E-state index contributed by atoms with van der Waals surface area (Å²) in [6.07, 6.45) is -4.82. The molecule has 7 heteroatoms. The highest BCUT2D eigenvalue weighted by Gasteiger charge is 2.61. The molecule has 1 saturated heterocycles. The van der Waals surface area contributed by atoms with Gasteiger partial charge < -0.3 is 10.6 Å². The Kier molecular flexibility index (Phi) is 4.49. The second-order valence-corrected chi connectivity index (χ2v) is 5.69. The Balaban J connectivity index is 2.16. The first-order valence-electron chi connectivity index (χ1n) is 6.60. The molecule has 1 fully saturated rings. The van der Waals surface area contributed by atoms with Gasteiger partial charge in [-0.1, -0.05) is 23.7 Å². The van der Waals surface area contributed by atoms with Crippen molar-refractivity contribution in [3.05, 3.63) is 34.9 Å². The Morgan fingerprint density at radius 1 is 1.48 bits per heavy atom. The normalized spacial score (nSPS) is 23.9. The highest BCUT2D eigenvalue weighted by atomic mass is 35.5. The molecule has 3 nitrogen and oxygen atoms in total. The van der Waals surface area contributed by atoms with Gasteiger partial charge in [0.2, 0.25) is 5.91 Å². The van der Waals surface area contributed by atoms with E-state index >= 15 is 0 Å².